The van der Waals surface area contributed by atoms with Gasteiger partial charge in [-0.05, 0) is 0 Å². The summed E-state index contributed by atoms with van der Waals surface area (Å²) in [5, 5.41) is 5.38. The van der Waals surface area contributed by atoms with Crippen molar-refractivity contribution < 1.29 is 0 Å². The molecule has 0 aliphatic heterocycles. The van der Waals surface area contributed by atoms with Gasteiger partial charge in [0, 0.05) is 0 Å². The quantitative estimate of drug-likeness (QED) is 0.471. The fraction of sp³-hybridized carbons (Fsp3) is 0. The predicted octanol–water partition coefficient (Wildman–Crippen LogP) is 3.65. The van der Waals surface area contributed by atoms with Crippen molar-refractivity contribution >= 4 is 49.8 Å². The van der Waals surface area contributed by atoms with Gasteiger partial charge in [0.25, 0.3) is 0 Å². The Morgan fingerprint density at radius 3 is 1.33 bits per heavy atom. The molecule has 0 unspecified atom stereocenters. The average Bonchev–Trinajstić information content (AvgIpc) is 2.55. The van der Waals surface area contributed by atoms with Gasteiger partial charge in [-0.2, -0.15) is 0 Å². The van der Waals surface area contributed by atoms with Gasteiger partial charge in [0.1, 0.15) is 0 Å². The summed E-state index contributed by atoms with van der Waals surface area (Å²) in [6.45, 7) is 0. The molecule has 0 bridgehead atoms. The number of benzene rings is 4. The van der Waals surface area contributed by atoms with Crippen molar-refractivity contribution in [3.8, 4) is 0 Å². The molecule has 0 amide bonds. The van der Waals surface area contributed by atoms with E-state index in [1.165, 1.54) is 28.7 Å². The molecule has 0 heterocycles. The van der Waals surface area contributed by atoms with Gasteiger partial charge in [-0.25, -0.2) is 0 Å². The molecule has 98 valence electrons. The van der Waals surface area contributed by atoms with Gasteiger partial charge in [0.2, 0.25) is 0 Å². The van der Waals surface area contributed by atoms with Crippen LogP contribution in [0.15, 0.2) is 84.9 Å². The van der Waals surface area contributed by atoms with Crippen LogP contribution in [-0.4, -0.2) is 21.1 Å². The maximum absolute atomic E-state index is 2.37. The number of hydrogen-bond donors (Lipinski definition) is 0. The van der Waals surface area contributed by atoms with Gasteiger partial charge in [0.05, 0.1) is 0 Å². The molecule has 0 nitrogen and oxygen atoms in total. The first-order valence-electron chi connectivity index (χ1n) is 7.13. The van der Waals surface area contributed by atoms with Crippen LogP contribution in [0.4, 0.5) is 0 Å². The predicted molar refractivity (Wildman–Crippen MR) is 92.9 cm³/mol. The summed E-state index contributed by atoms with van der Waals surface area (Å²) in [6, 6.07) is 31.1. The van der Waals surface area contributed by atoms with E-state index in [0.29, 0.717) is 0 Å². The van der Waals surface area contributed by atoms with Crippen molar-refractivity contribution in [3.63, 3.8) is 0 Å². The molecular weight excluding hydrogens is 359 g/mol. The van der Waals surface area contributed by atoms with E-state index in [-0.39, 0.29) is 0 Å². The first kappa shape index (κ1) is 12.9. The van der Waals surface area contributed by atoms with Crippen molar-refractivity contribution in [3.05, 3.63) is 84.9 Å². The summed E-state index contributed by atoms with van der Waals surface area (Å²) in [5.74, 6) is 0. The van der Waals surface area contributed by atoms with Gasteiger partial charge in [-0.3, -0.25) is 0 Å². The van der Waals surface area contributed by atoms with Crippen molar-refractivity contribution in [1.82, 2.24) is 0 Å². The fourth-order valence-corrected chi connectivity index (χ4v) is 5.90. The van der Waals surface area contributed by atoms with E-state index in [1.54, 1.807) is 0 Å². The summed E-state index contributed by atoms with van der Waals surface area (Å²) < 4.78 is 3.07. The Kier molecular flexibility index (Phi) is 3.40. The van der Waals surface area contributed by atoms with E-state index in [9.17, 15) is 0 Å². The molecule has 0 saturated heterocycles. The maximum atomic E-state index is 2.37. The Labute approximate surface area is 134 Å². The monoisotopic (exact) mass is 374 g/mol. The summed E-state index contributed by atoms with van der Waals surface area (Å²) in [4.78, 5) is 0. The van der Waals surface area contributed by atoms with Gasteiger partial charge >= 0.3 is 135 Å². The van der Waals surface area contributed by atoms with E-state index in [0.717, 1.165) is 0 Å². The number of hydrogen-bond acceptors (Lipinski definition) is 0. The zero-order chi connectivity index (χ0) is 14.1. The Hall–Kier alpha value is -1.80. The van der Waals surface area contributed by atoms with Crippen LogP contribution in [0, 0.1) is 0 Å². The van der Waals surface area contributed by atoms with Gasteiger partial charge in [-0.1, -0.05) is 0 Å². The van der Waals surface area contributed by atoms with Crippen LogP contribution in [-0.2, 0) is 0 Å². The van der Waals surface area contributed by atoms with E-state index in [4.69, 9.17) is 0 Å². The summed E-state index contributed by atoms with van der Waals surface area (Å²) in [6.07, 6.45) is 0. The first-order chi connectivity index (χ1) is 10.4. The van der Waals surface area contributed by atoms with E-state index < -0.39 is 21.1 Å². The van der Waals surface area contributed by atoms with Crippen molar-refractivity contribution in [2.45, 2.75) is 0 Å². The molecular formula is C20H14Sn. The minimum absolute atomic E-state index is 0.723. The molecule has 0 atom stereocenters. The second-order valence-corrected chi connectivity index (χ2v) is 9.26. The van der Waals surface area contributed by atoms with Gasteiger partial charge in [-0.15, -0.1) is 0 Å². The van der Waals surface area contributed by atoms with Crippen molar-refractivity contribution in [1.29, 1.82) is 0 Å². The van der Waals surface area contributed by atoms with Gasteiger partial charge in [0.15, 0.2) is 0 Å². The zero-order valence-corrected chi connectivity index (χ0v) is 14.4. The Morgan fingerprint density at radius 2 is 0.857 bits per heavy atom. The Morgan fingerprint density at radius 1 is 0.429 bits per heavy atom. The fourth-order valence-electron chi connectivity index (χ4n) is 2.70. The third kappa shape index (κ3) is 2.68. The van der Waals surface area contributed by atoms with Crippen LogP contribution in [0.5, 0.6) is 0 Å². The molecule has 4 rings (SSSR count). The molecule has 0 saturated carbocycles. The normalized spacial score (nSPS) is 11.0. The molecule has 4 aromatic rings. The third-order valence-electron chi connectivity index (χ3n) is 3.79. The summed E-state index contributed by atoms with van der Waals surface area (Å²) >= 11 is -0.723. The molecule has 2 radical (unpaired) electrons. The molecule has 0 aliphatic carbocycles. The molecule has 0 aliphatic rings. The molecule has 1 heteroatoms. The van der Waals surface area contributed by atoms with Crippen LogP contribution in [0.2, 0.25) is 0 Å². The third-order valence-corrected chi connectivity index (χ3v) is 7.21. The Balaban J connectivity index is 1.71. The van der Waals surface area contributed by atoms with E-state index >= 15 is 0 Å². The van der Waals surface area contributed by atoms with E-state index in [2.05, 4.69) is 84.9 Å². The molecule has 0 aromatic heterocycles. The van der Waals surface area contributed by atoms with Crippen LogP contribution in [0.25, 0.3) is 21.5 Å². The molecule has 0 fully saturated rings. The van der Waals surface area contributed by atoms with Gasteiger partial charge < -0.3 is 0 Å². The molecule has 21 heavy (non-hydrogen) atoms. The standard InChI is InChI=1S/2C10H7.Sn/c2*1-2-6-10-8-4-3-7-9(10)5-1;/h2*1-3,5-8H;. The van der Waals surface area contributed by atoms with Crippen LogP contribution >= 0.6 is 0 Å². The van der Waals surface area contributed by atoms with Crippen molar-refractivity contribution in [2.75, 3.05) is 0 Å². The second kappa shape index (κ2) is 5.53. The first-order valence-corrected chi connectivity index (χ1v) is 9.98. The number of fused-ring (bicyclic) bond motifs is 2. The zero-order valence-electron chi connectivity index (χ0n) is 11.6. The Bertz CT molecular complexity index is 847. The van der Waals surface area contributed by atoms with Crippen LogP contribution in [0.3, 0.4) is 0 Å². The summed E-state index contributed by atoms with van der Waals surface area (Å²) in [7, 11) is 0. The number of rotatable bonds is 2. The van der Waals surface area contributed by atoms with Crippen LogP contribution < -0.4 is 7.16 Å². The SMILES string of the molecule is c1ccc2c[c]([Sn][c]3ccc4ccccc4c3)ccc2c1. The molecule has 0 spiro atoms. The minimum atomic E-state index is -0.723. The second-order valence-electron chi connectivity index (χ2n) is 5.25. The van der Waals surface area contributed by atoms with Crippen molar-refractivity contribution in [2.24, 2.45) is 0 Å². The molecule has 4 aromatic carbocycles. The molecule has 0 N–H and O–H groups in total. The van der Waals surface area contributed by atoms with Crippen LogP contribution in [0.1, 0.15) is 0 Å². The topological polar surface area (TPSA) is 0 Å². The summed E-state index contributed by atoms with van der Waals surface area (Å²) in [5.41, 5.74) is 0. The van der Waals surface area contributed by atoms with E-state index in [1.807, 2.05) is 0 Å². The average molecular weight is 373 g/mol.